The van der Waals surface area contributed by atoms with Crippen molar-refractivity contribution < 1.29 is 17.7 Å². The summed E-state index contributed by atoms with van der Waals surface area (Å²) in [4.78, 5) is 5.16. The molecular formula is C74H53BN2O4S2. The minimum Gasteiger partial charge on any atom is -0.464 e. The maximum absolute atomic E-state index is 6.34. The summed E-state index contributed by atoms with van der Waals surface area (Å²) < 4.78 is 27.9. The average Bonchev–Trinajstić information content (AvgIpc) is 1.71. The average molecular weight is 1110 g/mol. The number of furan rings is 4. The molecule has 0 unspecified atom stereocenters. The van der Waals surface area contributed by atoms with Gasteiger partial charge >= 0.3 is 0 Å². The predicted octanol–water partition coefficient (Wildman–Crippen LogP) is 20.4. The quantitative estimate of drug-likeness (QED) is 0.155. The number of hydrogen-bond acceptors (Lipinski definition) is 8. The third-order valence-corrected chi connectivity index (χ3v) is 19.8. The fraction of sp³-hybridized carbons (Fsp3) is 0.108. The van der Waals surface area contributed by atoms with E-state index < -0.39 is 0 Å². The number of benzene rings is 9. The van der Waals surface area contributed by atoms with Gasteiger partial charge in [0.1, 0.15) is 22.3 Å². The van der Waals surface area contributed by atoms with E-state index in [0.717, 1.165) is 111 Å². The molecule has 0 saturated carbocycles. The molecule has 2 aliphatic heterocycles. The summed E-state index contributed by atoms with van der Waals surface area (Å²) in [6.45, 7) is 13.9. The number of anilines is 6. The van der Waals surface area contributed by atoms with E-state index in [0.29, 0.717) is 0 Å². The molecule has 0 fully saturated rings. The molecule has 6 nitrogen and oxygen atoms in total. The Kier molecular flexibility index (Phi) is 10.3. The highest BCUT2D eigenvalue weighted by Gasteiger charge is 2.47. The van der Waals surface area contributed by atoms with Crippen LogP contribution in [0, 0.1) is 0 Å². The van der Waals surface area contributed by atoms with E-state index >= 15 is 0 Å². The summed E-state index contributed by atoms with van der Waals surface area (Å²) >= 11 is 3.79. The maximum Gasteiger partial charge on any atom is 0.256 e. The summed E-state index contributed by atoms with van der Waals surface area (Å²) in [6.07, 6.45) is 7.68. The van der Waals surface area contributed by atoms with Crippen LogP contribution in [0.4, 0.5) is 32.8 Å². The van der Waals surface area contributed by atoms with Crippen LogP contribution in [0.2, 0.25) is 0 Å². The van der Waals surface area contributed by atoms with Crippen LogP contribution in [0.3, 0.4) is 0 Å². The lowest BCUT2D eigenvalue weighted by Crippen LogP contribution is -2.60. The molecule has 15 aromatic rings. The number of thiophene rings is 2. The summed E-state index contributed by atoms with van der Waals surface area (Å²) in [5.74, 6) is 0. The van der Waals surface area contributed by atoms with Crippen LogP contribution in [-0.2, 0) is 10.8 Å². The van der Waals surface area contributed by atoms with E-state index in [4.69, 9.17) is 17.7 Å². The molecule has 0 N–H and O–H groups in total. The Labute approximate surface area is 488 Å². The van der Waals surface area contributed by atoms with Gasteiger partial charge in [-0.3, -0.25) is 0 Å². The first-order valence-corrected chi connectivity index (χ1v) is 30.1. The molecule has 9 heteroatoms. The van der Waals surface area contributed by atoms with Gasteiger partial charge in [-0.1, -0.05) is 145 Å². The minimum absolute atomic E-state index is 0.0844. The fourth-order valence-electron chi connectivity index (χ4n) is 13.3. The molecule has 0 amide bonds. The van der Waals surface area contributed by atoms with Crippen LogP contribution >= 0.6 is 22.7 Å². The standard InChI is InChI=1S/C74H53BN2O4S2/c1-73(2,3)46-26-28-66-54(36-46)68-71(82-66)76(48-32-42(56-38-78-62-22-11-7-16-50(56)62)30-43(33-48)57-39-79-63-23-12-8-17-51(57)63)60-20-15-21-61-70(60)75(68)69-55-37-47(74(4,5)6)27-29-67(55)83-72(69)77(61)49-34-44(58-40-80-64-24-13-9-18-52(58)64)31-45(35-49)59-41-81-65-25-14-10-19-53(59)65/h7-41H,1-6H3. The second-order valence-electron chi connectivity index (χ2n) is 24.5. The third kappa shape index (κ3) is 7.33. The molecule has 6 aromatic heterocycles. The zero-order valence-electron chi connectivity index (χ0n) is 46.6. The Balaban J connectivity index is 0.990. The SMILES string of the molecule is CC(C)(C)c1ccc2sc3c(c2c1)B1c2c(cccc2N(c2cc(-c4coc5ccccc45)cc(-c4coc5ccccc45)c2)c2sc4ccc(C(C)(C)C)cc4c21)N3c1cc(-c2coc3ccccc23)cc(-c2coc3ccccc23)c1. The summed E-state index contributed by atoms with van der Waals surface area (Å²) in [5, 5.41) is 9.28. The van der Waals surface area contributed by atoms with Crippen LogP contribution in [0.1, 0.15) is 52.7 Å². The molecule has 83 heavy (non-hydrogen) atoms. The van der Waals surface area contributed by atoms with Gasteiger partial charge in [0.15, 0.2) is 0 Å². The van der Waals surface area contributed by atoms with Gasteiger partial charge in [-0.05, 0) is 156 Å². The zero-order chi connectivity index (χ0) is 55.6. The van der Waals surface area contributed by atoms with Crippen molar-refractivity contribution in [2.75, 3.05) is 9.80 Å². The van der Waals surface area contributed by atoms with Crippen molar-refractivity contribution >= 4 is 143 Å². The molecule has 17 rings (SSSR count). The number of rotatable bonds is 6. The van der Waals surface area contributed by atoms with Crippen molar-refractivity contribution in [3.8, 4) is 44.5 Å². The first kappa shape index (κ1) is 48.4. The topological polar surface area (TPSA) is 59.0 Å². The van der Waals surface area contributed by atoms with Crippen LogP contribution in [0.5, 0.6) is 0 Å². The van der Waals surface area contributed by atoms with Crippen LogP contribution < -0.4 is 26.2 Å². The Morgan fingerprint density at radius 1 is 0.337 bits per heavy atom. The van der Waals surface area contributed by atoms with E-state index in [1.807, 2.05) is 72.0 Å². The molecule has 2 aliphatic rings. The number of hydrogen-bond donors (Lipinski definition) is 0. The molecule has 0 aliphatic carbocycles. The van der Waals surface area contributed by atoms with E-state index in [9.17, 15) is 0 Å². The first-order chi connectivity index (χ1) is 40.4. The van der Waals surface area contributed by atoms with E-state index in [2.05, 4.69) is 215 Å². The van der Waals surface area contributed by atoms with Crippen LogP contribution in [-0.4, -0.2) is 6.71 Å². The summed E-state index contributed by atoms with van der Waals surface area (Å²) in [7, 11) is 0. The van der Waals surface area contributed by atoms with Gasteiger partial charge in [-0.25, -0.2) is 0 Å². The molecule has 0 radical (unpaired) electrons. The van der Waals surface area contributed by atoms with Crippen molar-refractivity contribution in [3.05, 3.63) is 224 Å². The monoisotopic (exact) mass is 1110 g/mol. The molecule has 398 valence electrons. The molecule has 0 spiro atoms. The Morgan fingerprint density at radius 3 is 1.01 bits per heavy atom. The Morgan fingerprint density at radius 2 is 0.675 bits per heavy atom. The molecule has 9 aromatic carbocycles. The third-order valence-electron chi connectivity index (χ3n) is 17.5. The lowest BCUT2D eigenvalue weighted by Gasteiger charge is -2.42. The van der Waals surface area contributed by atoms with Gasteiger partial charge in [0.2, 0.25) is 0 Å². The summed E-state index contributed by atoms with van der Waals surface area (Å²) in [6, 6.07) is 69.0. The van der Waals surface area contributed by atoms with Gasteiger partial charge in [0.05, 0.1) is 35.1 Å². The van der Waals surface area contributed by atoms with Crippen molar-refractivity contribution in [3.63, 3.8) is 0 Å². The number of para-hydroxylation sites is 4. The maximum atomic E-state index is 6.34. The van der Waals surface area contributed by atoms with Gasteiger partial charge in [0, 0.05) is 75.9 Å². The molecule has 8 heterocycles. The smallest absolute Gasteiger partial charge is 0.256 e. The predicted molar refractivity (Wildman–Crippen MR) is 349 cm³/mol. The van der Waals surface area contributed by atoms with E-state index in [1.54, 1.807) is 0 Å². The fourth-order valence-corrected chi connectivity index (χ4v) is 15.8. The van der Waals surface area contributed by atoms with Crippen molar-refractivity contribution in [1.82, 2.24) is 0 Å². The normalized spacial score (nSPS) is 13.3. The first-order valence-electron chi connectivity index (χ1n) is 28.4. The van der Waals surface area contributed by atoms with Crippen molar-refractivity contribution in [2.24, 2.45) is 0 Å². The number of fused-ring (bicyclic) bond motifs is 12. The largest absolute Gasteiger partial charge is 0.464 e. The molecule has 0 bridgehead atoms. The molecule has 0 atom stereocenters. The highest BCUT2D eigenvalue weighted by atomic mass is 32.1. The molecular weight excluding hydrogens is 1060 g/mol. The van der Waals surface area contributed by atoms with Crippen molar-refractivity contribution in [2.45, 2.75) is 52.4 Å². The van der Waals surface area contributed by atoms with E-state index in [-0.39, 0.29) is 17.5 Å². The highest BCUT2D eigenvalue weighted by Crippen LogP contribution is 2.53. The van der Waals surface area contributed by atoms with Crippen molar-refractivity contribution in [1.29, 1.82) is 0 Å². The second-order valence-corrected chi connectivity index (χ2v) is 26.6. The van der Waals surface area contributed by atoms with Gasteiger partial charge in [-0.15, -0.1) is 22.7 Å². The summed E-state index contributed by atoms with van der Waals surface area (Å²) in [5.41, 5.74) is 22.5. The lowest BCUT2D eigenvalue weighted by molar-refractivity contribution is 0.591. The highest BCUT2D eigenvalue weighted by molar-refractivity contribution is 7.29. The minimum atomic E-state index is -0.122. The van der Waals surface area contributed by atoms with Gasteiger partial charge in [0.25, 0.3) is 6.71 Å². The molecule has 0 saturated heterocycles. The Bertz CT molecular complexity index is 4680. The van der Waals surface area contributed by atoms with Crippen LogP contribution in [0.15, 0.2) is 231 Å². The zero-order valence-corrected chi connectivity index (χ0v) is 48.3. The van der Waals surface area contributed by atoms with Gasteiger partial charge < -0.3 is 27.5 Å². The van der Waals surface area contributed by atoms with E-state index in [1.165, 1.54) is 57.7 Å². The Hall–Kier alpha value is -9.28. The lowest BCUT2D eigenvalue weighted by atomic mass is 9.33. The van der Waals surface area contributed by atoms with Crippen LogP contribution in [0.25, 0.3) is 109 Å². The van der Waals surface area contributed by atoms with Gasteiger partial charge in [-0.2, -0.15) is 0 Å². The number of nitrogens with zero attached hydrogens (tertiary/aromatic N) is 2. The second kappa shape index (κ2) is 17.6.